The Hall–Kier alpha value is -3.21. The van der Waals surface area contributed by atoms with Crippen LogP contribution in [0.5, 0.6) is 0 Å². The summed E-state index contributed by atoms with van der Waals surface area (Å²) < 4.78 is 4.43. The summed E-state index contributed by atoms with van der Waals surface area (Å²) in [5.41, 5.74) is 0.702. The average molecular weight is 563 g/mol. The predicted molar refractivity (Wildman–Crippen MR) is 141 cm³/mol. The van der Waals surface area contributed by atoms with Gasteiger partial charge in [0.2, 0.25) is 0 Å². The lowest BCUT2D eigenvalue weighted by molar-refractivity contribution is -0.930. The number of fused-ring (bicyclic) bond motifs is 1. The quantitative estimate of drug-likeness (QED) is 0.233. The number of ether oxygens (including phenoxy) is 1. The summed E-state index contributed by atoms with van der Waals surface area (Å²) in [5, 5.41) is 3.58. The van der Waals surface area contributed by atoms with Crippen molar-refractivity contribution in [3.63, 3.8) is 0 Å². The molecule has 1 aromatic carbocycles. The molecule has 2 atom stereocenters. The van der Waals surface area contributed by atoms with Gasteiger partial charge in [-0.3, -0.25) is 9.59 Å². The number of halogens is 2. The first-order valence-electron chi connectivity index (χ1n) is 12.2. The van der Waals surface area contributed by atoms with Gasteiger partial charge in [0.1, 0.15) is 17.3 Å². The molecule has 3 amide bonds. The number of Topliss-reactive ketones (excluding diaryl/α,β-unsaturated/α-hetero) is 1. The van der Waals surface area contributed by atoms with Crippen LogP contribution in [0, 0.1) is 0 Å². The highest BCUT2D eigenvalue weighted by Gasteiger charge is 2.64. The molecule has 0 radical (unpaired) electrons. The van der Waals surface area contributed by atoms with Gasteiger partial charge in [-0.1, -0.05) is 23.2 Å². The summed E-state index contributed by atoms with van der Waals surface area (Å²) in [4.78, 5) is 60.1. The molecule has 0 bridgehead atoms. The predicted octanol–water partition coefficient (Wildman–Crippen LogP) is 4.32. The number of benzene rings is 1. The van der Waals surface area contributed by atoms with Crippen LogP contribution in [0.3, 0.4) is 0 Å². The number of carbonyl (C=O) groups excluding carboxylic acids is 4. The summed E-state index contributed by atoms with van der Waals surface area (Å²) in [5.74, 6) is -0.910. The average Bonchev–Trinajstić information content (AvgIpc) is 3.37. The highest BCUT2D eigenvalue weighted by molar-refractivity contribution is 6.31. The molecule has 2 unspecified atom stereocenters. The van der Waals surface area contributed by atoms with Crippen molar-refractivity contribution in [2.75, 3.05) is 18.4 Å². The van der Waals surface area contributed by atoms with Crippen molar-refractivity contribution in [2.45, 2.75) is 57.8 Å². The van der Waals surface area contributed by atoms with Crippen molar-refractivity contribution < 1.29 is 28.5 Å². The standard InChI is InChI=1S/C26H29Cl2N5O5/c1-25(2,3)38-24(37)31-33(16-34,15-17-7-6-10-29-22(17)28)26(23(36)32-11-4-5-12-32)14-21(35)19-9-8-18(27)13-20(19)30-26/h6-10,13,16H,4-5,11-12,14-15H2,1-3H3,(H-,30,31,35,37)/p+1. The van der Waals surface area contributed by atoms with E-state index in [1.165, 1.54) is 12.3 Å². The Morgan fingerprint density at radius 2 is 1.95 bits per heavy atom. The summed E-state index contributed by atoms with van der Waals surface area (Å²) in [6, 6.07) is 7.91. The smallest absolute Gasteiger partial charge is 0.441 e. The van der Waals surface area contributed by atoms with Gasteiger partial charge in [0.15, 0.2) is 5.78 Å². The number of nitrogens with zero attached hydrogens (tertiary/aromatic N) is 3. The summed E-state index contributed by atoms with van der Waals surface area (Å²) >= 11 is 12.6. The Labute approximate surface area is 230 Å². The highest BCUT2D eigenvalue weighted by Crippen LogP contribution is 2.40. The second kappa shape index (κ2) is 10.5. The maximum absolute atomic E-state index is 14.4. The van der Waals surface area contributed by atoms with E-state index in [0.717, 1.165) is 12.8 Å². The van der Waals surface area contributed by atoms with Crippen LogP contribution in [-0.2, 0) is 20.9 Å². The second-order valence-corrected chi connectivity index (χ2v) is 11.3. The number of pyridine rings is 1. The summed E-state index contributed by atoms with van der Waals surface area (Å²) in [6.07, 6.45) is 2.07. The molecule has 12 heteroatoms. The first kappa shape index (κ1) is 27.8. The second-order valence-electron chi connectivity index (χ2n) is 10.5. The minimum absolute atomic E-state index is 0.0807. The van der Waals surface area contributed by atoms with E-state index in [0.29, 0.717) is 35.6 Å². The number of ketones is 1. The monoisotopic (exact) mass is 562 g/mol. The zero-order valence-electron chi connectivity index (χ0n) is 21.4. The van der Waals surface area contributed by atoms with Crippen LogP contribution in [0.25, 0.3) is 0 Å². The van der Waals surface area contributed by atoms with Crippen LogP contribution < -0.4 is 10.7 Å². The molecule has 202 valence electrons. The van der Waals surface area contributed by atoms with Crippen LogP contribution in [0.15, 0.2) is 36.5 Å². The first-order valence-corrected chi connectivity index (χ1v) is 13.0. The third-order valence-electron chi connectivity index (χ3n) is 6.59. The Bertz CT molecular complexity index is 1280. The van der Waals surface area contributed by atoms with Gasteiger partial charge < -0.3 is 15.0 Å². The van der Waals surface area contributed by atoms with Crippen molar-refractivity contribution in [2.24, 2.45) is 0 Å². The molecule has 38 heavy (non-hydrogen) atoms. The molecule has 10 nitrogen and oxygen atoms in total. The van der Waals surface area contributed by atoms with Crippen molar-refractivity contribution in [1.29, 1.82) is 0 Å². The van der Waals surface area contributed by atoms with Gasteiger partial charge in [-0.05, 0) is 63.9 Å². The van der Waals surface area contributed by atoms with Gasteiger partial charge in [-0.15, -0.1) is 4.59 Å². The van der Waals surface area contributed by atoms with Gasteiger partial charge >= 0.3 is 18.4 Å². The Morgan fingerprint density at radius 3 is 2.58 bits per heavy atom. The molecule has 2 aromatic rings. The minimum Gasteiger partial charge on any atom is -0.441 e. The van der Waals surface area contributed by atoms with Gasteiger partial charge in [-0.2, -0.15) is 5.43 Å². The van der Waals surface area contributed by atoms with E-state index < -0.39 is 40.1 Å². The van der Waals surface area contributed by atoms with Crippen LogP contribution in [-0.4, -0.2) is 63.0 Å². The number of likely N-dealkylation sites (tertiary alicyclic amines) is 1. The van der Waals surface area contributed by atoms with E-state index in [9.17, 15) is 19.2 Å². The molecule has 2 N–H and O–H groups in total. The van der Waals surface area contributed by atoms with Crippen LogP contribution >= 0.6 is 23.2 Å². The molecule has 0 saturated carbocycles. The molecule has 0 spiro atoms. The van der Waals surface area contributed by atoms with E-state index in [2.05, 4.69) is 15.7 Å². The highest BCUT2D eigenvalue weighted by atomic mass is 35.5. The Morgan fingerprint density at radius 1 is 1.24 bits per heavy atom. The largest absolute Gasteiger partial charge is 0.452 e. The minimum atomic E-state index is -1.98. The van der Waals surface area contributed by atoms with Crippen LogP contribution in [0.4, 0.5) is 10.5 Å². The molecule has 1 aromatic heterocycles. The van der Waals surface area contributed by atoms with Gasteiger partial charge in [0.25, 0.3) is 5.66 Å². The Balaban J connectivity index is 1.94. The number of anilines is 1. The van der Waals surface area contributed by atoms with Gasteiger partial charge in [0, 0.05) is 35.4 Å². The number of nitrogens with one attached hydrogen (secondary N) is 2. The SMILES string of the molecule is CC(C)(C)OC(=O)N[N+](C=O)(Cc1cccnc1Cl)C1(C(=O)N2CCCC2)CC(=O)c2ccc(Cl)cc2N1. The number of aromatic nitrogens is 1. The molecule has 1 fully saturated rings. The van der Waals surface area contributed by atoms with E-state index in [-0.39, 0.29) is 17.4 Å². The van der Waals surface area contributed by atoms with Crippen LogP contribution in [0.2, 0.25) is 10.2 Å². The maximum atomic E-state index is 14.4. The fraction of sp³-hybridized carbons (Fsp3) is 0.423. The molecule has 0 aliphatic carbocycles. The molecule has 3 heterocycles. The zero-order chi connectivity index (χ0) is 27.7. The number of quaternary nitrogens is 1. The molecule has 2 aliphatic rings. The summed E-state index contributed by atoms with van der Waals surface area (Å²) in [7, 11) is 0. The van der Waals surface area contributed by atoms with Gasteiger partial charge in [-0.25, -0.2) is 14.6 Å². The number of hydrogen-bond acceptors (Lipinski definition) is 7. The number of amides is 3. The first-order chi connectivity index (χ1) is 17.9. The van der Waals surface area contributed by atoms with E-state index in [4.69, 9.17) is 27.9 Å². The lowest BCUT2D eigenvalue weighted by Crippen LogP contribution is -2.79. The number of carbonyl (C=O) groups is 4. The molecule has 4 rings (SSSR count). The van der Waals surface area contributed by atoms with E-state index in [1.807, 2.05) is 0 Å². The number of rotatable bonds is 6. The molecular formula is C26H30Cl2N5O5+. The molecular weight excluding hydrogens is 533 g/mol. The summed E-state index contributed by atoms with van der Waals surface area (Å²) in [6.45, 7) is 5.60. The normalized spacial score (nSPS) is 20.7. The van der Waals surface area contributed by atoms with Crippen LogP contribution in [0.1, 0.15) is 56.0 Å². The third-order valence-corrected chi connectivity index (χ3v) is 7.17. The topological polar surface area (TPSA) is 118 Å². The van der Waals surface area contributed by atoms with Crippen molar-refractivity contribution in [3.8, 4) is 0 Å². The maximum Gasteiger partial charge on any atom is 0.452 e. The van der Waals surface area contributed by atoms with Crippen molar-refractivity contribution >= 4 is 53.1 Å². The van der Waals surface area contributed by atoms with E-state index in [1.54, 1.807) is 49.9 Å². The molecule has 1 saturated heterocycles. The fourth-order valence-electron chi connectivity index (χ4n) is 4.87. The van der Waals surface area contributed by atoms with E-state index >= 15 is 0 Å². The van der Waals surface area contributed by atoms with Crippen molar-refractivity contribution in [1.82, 2.24) is 15.3 Å². The lowest BCUT2D eigenvalue weighted by Gasteiger charge is -2.49. The van der Waals surface area contributed by atoms with Gasteiger partial charge in [0.05, 0.1) is 12.1 Å². The fourth-order valence-corrected chi connectivity index (χ4v) is 5.22. The zero-order valence-corrected chi connectivity index (χ0v) is 22.9. The molecule has 2 aliphatic heterocycles. The Kier molecular flexibility index (Phi) is 7.69. The third kappa shape index (κ3) is 5.34. The van der Waals surface area contributed by atoms with Crippen molar-refractivity contribution in [3.05, 3.63) is 57.8 Å². The lowest BCUT2D eigenvalue weighted by atomic mass is 9.88. The number of hydrogen-bond donors (Lipinski definition) is 2.